The lowest BCUT2D eigenvalue weighted by Gasteiger charge is -2.07. The average Bonchev–Trinajstić information content (AvgIpc) is 1.98. The molecule has 0 saturated heterocycles. The Balaban J connectivity index is 3.41. The first-order valence-electron chi connectivity index (χ1n) is 3.08. The summed E-state index contributed by atoms with van der Waals surface area (Å²) in [6.45, 7) is 2.19. The van der Waals surface area contributed by atoms with Crippen molar-refractivity contribution in [1.82, 2.24) is 0 Å². The molecule has 4 heteroatoms. The van der Waals surface area contributed by atoms with Gasteiger partial charge in [0.25, 0.3) is 0 Å². The number of hydrogen-bond acceptors (Lipinski definition) is 4. The van der Waals surface area contributed by atoms with Crippen LogP contribution in [0.5, 0.6) is 0 Å². The molecule has 4 nitrogen and oxygen atoms in total. The highest BCUT2D eigenvalue weighted by atomic mass is 16.5. The Kier molecular flexibility index (Phi) is 4.88. The van der Waals surface area contributed by atoms with Crippen LogP contribution in [0.15, 0.2) is 0 Å². The first-order chi connectivity index (χ1) is 4.72. The average molecular weight is 147 g/mol. The molecule has 1 unspecified atom stereocenters. The molecule has 1 atom stereocenters. The molecule has 0 aromatic carbocycles. The second-order valence-corrected chi connectivity index (χ2v) is 1.96. The van der Waals surface area contributed by atoms with Crippen LogP contribution in [-0.4, -0.2) is 26.4 Å². The van der Waals surface area contributed by atoms with Gasteiger partial charge in [-0.15, -0.1) is 0 Å². The van der Waals surface area contributed by atoms with Gasteiger partial charge in [-0.25, -0.2) is 0 Å². The van der Waals surface area contributed by atoms with E-state index in [0.717, 1.165) is 0 Å². The van der Waals surface area contributed by atoms with Crippen LogP contribution in [0.2, 0.25) is 0 Å². The fraction of sp³-hybridized carbons (Fsp3) is 0.833. The maximum Gasteiger partial charge on any atom is 0.310 e. The third kappa shape index (κ3) is 3.42. The molecule has 10 heavy (non-hydrogen) atoms. The quantitative estimate of drug-likeness (QED) is 0.439. The number of methoxy groups -OCH3 is 1. The molecule has 0 spiro atoms. The largest absolute Gasteiger partial charge is 0.469 e. The maximum absolute atomic E-state index is 10.7. The van der Waals surface area contributed by atoms with Crippen molar-refractivity contribution in [2.75, 3.05) is 20.4 Å². The summed E-state index contributed by atoms with van der Waals surface area (Å²) in [5.74, 6) is -0.498. The molecule has 0 fully saturated rings. The van der Waals surface area contributed by atoms with Gasteiger partial charge in [0.05, 0.1) is 26.4 Å². The minimum absolute atomic E-state index is 0.140. The van der Waals surface area contributed by atoms with Gasteiger partial charge in [-0.2, -0.15) is 0 Å². The molecule has 0 bridgehead atoms. The van der Waals surface area contributed by atoms with Crippen LogP contribution in [0.1, 0.15) is 6.92 Å². The minimum atomic E-state index is -0.270. The number of carbonyl (C=O) groups excluding carboxylic acids is 1. The number of rotatable bonds is 4. The van der Waals surface area contributed by atoms with Crippen LogP contribution in [0.3, 0.4) is 0 Å². The Morgan fingerprint density at radius 1 is 1.70 bits per heavy atom. The van der Waals surface area contributed by atoms with E-state index < -0.39 is 0 Å². The Hall–Kier alpha value is -0.610. The fourth-order valence-electron chi connectivity index (χ4n) is 0.514. The zero-order valence-electron chi connectivity index (χ0n) is 6.29. The molecule has 0 aromatic heterocycles. The smallest absolute Gasteiger partial charge is 0.310 e. The first kappa shape index (κ1) is 9.39. The highest BCUT2D eigenvalue weighted by molar-refractivity contribution is 5.71. The third-order valence-electron chi connectivity index (χ3n) is 1.09. The van der Waals surface area contributed by atoms with Gasteiger partial charge >= 0.3 is 5.97 Å². The van der Waals surface area contributed by atoms with E-state index in [1.165, 1.54) is 7.11 Å². The summed E-state index contributed by atoms with van der Waals surface area (Å²) in [5, 5.41) is 0. The molecule has 0 aliphatic heterocycles. The van der Waals surface area contributed by atoms with Gasteiger partial charge in [0, 0.05) is 0 Å². The van der Waals surface area contributed by atoms with E-state index in [9.17, 15) is 4.79 Å². The second kappa shape index (κ2) is 5.20. The molecule has 0 heterocycles. The van der Waals surface area contributed by atoms with Gasteiger partial charge in [-0.05, 0) is 6.92 Å². The van der Waals surface area contributed by atoms with Crippen molar-refractivity contribution in [3.05, 3.63) is 0 Å². The van der Waals surface area contributed by atoms with E-state index in [4.69, 9.17) is 10.5 Å². The lowest BCUT2D eigenvalue weighted by Crippen LogP contribution is -2.20. The van der Waals surface area contributed by atoms with Gasteiger partial charge < -0.3 is 15.2 Å². The van der Waals surface area contributed by atoms with Crippen LogP contribution < -0.4 is 5.73 Å². The molecule has 0 amide bonds. The molecule has 0 aromatic rings. The third-order valence-corrected chi connectivity index (χ3v) is 1.09. The zero-order chi connectivity index (χ0) is 7.98. The van der Waals surface area contributed by atoms with Gasteiger partial charge in [-0.3, -0.25) is 4.79 Å². The first-order valence-corrected chi connectivity index (χ1v) is 3.08. The summed E-state index contributed by atoms with van der Waals surface area (Å²) in [7, 11) is 1.35. The van der Waals surface area contributed by atoms with Crippen LogP contribution in [-0.2, 0) is 14.3 Å². The summed E-state index contributed by atoms with van der Waals surface area (Å²) in [5.41, 5.74) is 5.04. The fourth-order valence-corrected chi connectivity index (χ4v) is 0.514. The molecule has 0 saturated carbocycles. The van der Waals surface area contributed by atoms with Crippen molar-refractivity contribution in [3.63, 3.8) is 0 Å². The lowest BCUT2D eigenvalue weighted by atomic mass is 10.2. The van der Waals surface area contributed by atoms with Crippen LogP contribution in [0.25, 0.3) is 0 Å². The van der Waals surface area contributed by atoms with Crippen molar-refractivity contribution in [2.45, 2.75) is 6.92 Å². The zero-order valence-corrected chi connectivity index (χ0v) is 6.29. The van der Waals surface area contributed by atoms with E-state index in [1.54, 1.807) is 6.92 Å². The summed E-state index contributed by atoms with van der Waals surface area (Å²) >= 11 is 0. The minimum Gasteiger partial charge on any atom is -0.469 e. The van der Waals surface area contributed by atoms with E-state index in [1.807, 2.05) is 0 Å². The van der Waals surface area contributed by atoms with Crippen LogP contribution in [0.4, 0.5) is 0 Å². The Morgan fingerprint density at radius 3 is 2.70 bits per heavy atom. The van der Waals surface area contributed by atoms with Crippen LogP contribution in [0, 0.1) is 5.92 Å². The molecule has 2 N–H and O–H groups in total. The van der Waals surface area contributed by atoms with Gasteiger partial charge in [0.15, 0.2) is 0 Å². The highest BCUT2D eigenvalue weighted by Crippen LogP contribution is 1.96. The predicted molar refractivity (Wildman–Crippen MR) is 36.2 cm³/mol. The molecule has 60 valence electrons. The Bertz CT molecular complexity index is 105. The molecule has 0 aliphatic carbocycles. The van der Waals surface area contributed by atoms with Crippen molar-refractivity contribution >= 4 is 5.97 Å². The number of hydrogen-bond donors (Lipinski definition) is 1. The highest BCUT2D eigenvalue weighted by Gasteiger charge is 2.11. The summed E-state index contributed by atoms with van der Waals surface area (Å²) in [6, 6.07) is 0. The normalized spacial score (nSPS) is 12.7. The summed E-state index contributed by atoms with van der Waals surface area (Å²) in [6.07, 6.45) is 0. The molecular weight excluding hydrogens is 134 g/mol. The Morgan fingerprint density at radius 2 is 2.30 bits per heavy atom. The number of ether oxygens (including phenoxy) is 2. The van der Waals surface area contributed by atoms with Crippen molar-refractivity contribution in [1.29, 1.82) is 0 Å². The number of esters is 1. The summed E-state index contributed by atoms with van der Waals surface area (Å²) in [4.78, 5) is 10.7. The molecule has 0 radical (unpaired) electrons. The SMILES string of the molecule is COC(=O)C(C)COCN. The van der Waals surface area contributed by atoms with E-state index >= 15 is 0 Å². The predicted octanol–water partition coefficient (Wildman–Crippen LogP) is -0.272. The van der Waals surface area contributed by atoms with Crippen molar-refractivity contribution < 1.29 is 14.3 Å². The lowest BCUT2D eigenvalue weighted by molar-refractivity contribution is -0.146. The standard InChI is InChI=1S/C6H13NO3/c1-5(3-10-4-7)6(8)9-2/h5H,3-4,7H2,1-2H3. The van der Waals surface area contributed by atoms with Crippen molar-refractivity contribution in [3.8, 4) is 0 Å². The second-order valence-electron chi connectivity index (χ2n) is 1.96. The summed E-state index contributed by atoms with van der Waals surface area (Å²) < 4.78 is 9.24. The van der Waals surface area contributed by atoms with E-state index in [2.05, 4.69) is 4.74 Å². The maximum atomic E-state index is 10.7. The van der Waals surface area contributed by atoms with E-state index in [-0.39, 0.29) is 18.6 Å². The number of carbonyl (C=O) groups is 1. The van der Waals surface area contributed by atoms with Gasteiger partial charge in [0.1, 0.15) is 0 Å². The van der Waals surface area contributed by atoms with Crippen LogP contribution >= 0.6 is 0 Å². The number of nitrogens with two attached hydrogens (primary N) is 1. The topological polar surface area (TPSA) is 61.5 Å². The molecular formula is C6H13NO3. The van der Waals surface area contributed by atoms with Crippen molar-refractivity contribution in [2.24, 2.45) is 11.7 Å². The van der Waals surface area contributed by atoms with Gasteiger partial charge in [0.2, 0.25) is 0 Å². The molecule has 0 aliphatic rings. The molecule has 0 rings (SSSR count). The Labute approximate surface area is 60.3 Å². The van der Waals surface area contributed by atoms with Gasteiger partial charge in [-0.1, -0.05) is 0 Å². The monoisotopic (exact) mass is 147 g/mol. The van der Waals surface area contributed by atoms with E-state index in [0.29, 0.717) is 6.61 Å².